The standard InChI is InChI=1S/C17H10ClF2N3O4/c1-7(24)14-16(25)10-4-8(18)5-13(23(26)27)15(10)22-17(14)21-12-3-2-9(19)6-11(12)20/h2-6H,1H3,(H2,21,22,25). The fraction of sp³-hybridized carbons (Fsp3) is 0.0588. The van der Waals surface area contributed by atoms with Crippen molar-refractivity contribution in [3.63, 3.8) is 0 Å². The highest BCUT2D eigenvalue weighted by molar-refractivity contribution is 6.31. The number of aromatic nitrogens is 1. The van der Waals surface area contributed by atoms with E-state index >= 15 is 0 Å². The number of ketones is 1. The normalized spacial score (nSPS) is 10.8. The van der Waals surface area contributed by atoms with Crippen LogP contribution in [0.1, 0.15) is 17.3 Å². The van der Waals surface area contributed by atoms with Gasteiger partial charge in [0.2, 0.25) is 5.43 Å². The summed E-state index contributed by atoms with van der Waals surface area (Å²) in [4.78, 5) is 37.9. The van der Waals surface area contributed by atoms with Crippen molar-refractivity contribution >= 4 is 45.5 Å². The van der Waals surface area contributed by atoms with Crippen molar-refractivity contribution in [3.8, 4) is 0 Å². The molecule has 0 aliphatic rings. The number of nitrogens with zero attached hydrogens (tertiary/aromatic N) is 1. The zero-order valence-corrected chi connectivity index (χ0v) is 14.4. The molecule has 3 rings (SSSR count). The van der Waals surface area contributed by atoms with Crippen LogP contribution in [0.15, 0.2) is 35.1 Å². The van der Waals surface area contributed by atoms with E-state index in [1.54, 1.807) is 0 Å². The van der Waals surface area contributed by atoms with Crippen LogP contribution < -0.4 is 10.7 Å². The summed E-state index contributed by atoms with van der Waals surface area (Å²) in [5.41, 5.74) is -2.10. The van der Waals surface area contributed by atoms with Crippen LogP contribution in [0.25, 0.3) is 10.9 Å². The van der Waals surface area contributed by atoms with E-state index in [2.05, 4.69) is 10.3 Å². The molecule has 27 heavy (non-hydrogen) atoms. The number of nitrogens with one attached hydrogen (secondary N) is 2. The number of aromatic amines is 1. The summed E-state index contributed by atoms with van der Waals surface area (Å²) in [6.07, 6.45) is 0. The molecule has 0 saturated carbocycles. The third kappa shape index (κ3) is 3.36. The fourth-order valence-corrected chi connectivity index (χ4v) is 2.85. The van der Waals surface area contributed by atoms with E-state index in [-0.39, 0.29) is 33.0 Å². The van der Waals surface area contributed by atoms with Crippen molar-refractivity contribution in [2.45, 2.75) is 6.92 Å². The quantitative estimate of drug-likeness (QED) is 0.390. The highest BCUT2D eigenvalue weighted by atomic mass is 35.5. The Hall–Kier alpha value is -3.33. The molecule has 0 saturated heterocycles. The minimum absolute atomic E-state index is 0.0560. The number of carbonyl (C=O) groups is 1. The maximum atomic E-state index is 13.9. The molecule has 138 valence electrons. The summed E-state index contributed by atoms with van der Waals surface area (Å²) in [6, 6.07) is 4.87. The van der Waals surface area contributed by atoms with Gasteiger partial charge in [-0.1, -0.05) is 11.6 Å². The number of pyridine rings is 1. The van der Waals surface area contributed by atoms with E-state index in [9.17, 15) is 28.5 Å². The number of hydrogen-bond acceptors (Lipinski definition) is 5. The summed E-state index contributed by atoms with van der Waals surface area (Å²) >= 11 is 5.83. The summed E-state index contributed by atoms with van der Waals surface area (Å²) in [6.45, 7) is 1.11. The molecule has 1 aromatic heterocycles. The first-order valence-corrected chi connectivity index (χ1v) is 7.83. The number of nitro benzene ring substituents is 1. The predicted molar refractivity (Wildman–Crippen MR) is 95.9 cm³/mol. The number of H-pyrrole nitrogens is 1. The molecule has 2 N–H and O–H groups in total. The zero-order chi connectivity index (χ0) is 19.9. The second-order valence-electron chi connectivity index (χ2n) is 5.61. The van der Waals surface area contributed by atoms with Crippen molar-refractivity contribution in [1.82, 2.24) is 4.98 Å². The molecule has 0 unspecified atom stereocenters. The van der Waals surface area contributed by atoms with Gasteiger partial charge in [0.25, 0.3) is 5.69 Å². The van der Waals surface area contributed by atoms with Gasteiger partial charge in [-0.05, 0) is 25.1 Å². The number of rotatable bonds is 4. The Morgan fingerprint density at radius 1 is 1.26 bits per heavy atom. The number of hydrogen-bond donors (Lipinski definition) is 2. The number of Topliss-reactive ketones (excluding diaryl/α,β-unsaturated/α-hetero) is 1. The van der Waals surface area contributed by atoms with E-state index in [0.29, 0.717) is 6.07 Å². The van der Waals surface area contributed by atoms with Crippen molar-refractivity contribution in [3.05, 3.63) is 72.9 Å². The van der Waals surface area contributed by atoms with Crippen LogP contribution in [0.3, 0.4) is 0 Å². The second-order valence-corrected chi connectivity index (χ2v) is 6.05. The zero-order valence-electron chi connectivity index (χ0n) is 13.6. The summed E-state index contributed by atoms with van der Waals surface area (Å²) in [5.74, 6) is -2.71. The lowest BCUT2D eigenvalue weighted by atomic mass is 10.1. The van der Waals surface area contributed by atoms with E-state index in [1.807, 2.05) is 0 Å². The van der Waals surface area contributed by atoms with Gasteiger partial charge in [0, 0.05) is 17.2 Å². The average molecular weight is 394 g/mol. The topological polar surface area (TPSA) is 105 Å². The van der Waals surface area contributed by atoms with E-state index in [4.69, 9.17) is 11.6 Å². The average Bonchev–Trinajstić information content (AvgIpc) is 2.57. The number of nitro groups is 1. The van der Waals surface area contributed by atoms with Crippen LogP contribution in [-0.4, -0.2) is 15.7 Å². The molecule has 10 heteroatoms. The van der Waals surface area contributed by atoms with E-state index in [0.717, 1.165) is 25.1 Å². The molecule has 7 nitrogen and oxygen atoms in total. The fourth-order valence-electron chi connectivity index (χ4n) is 2.64. The summed E-state index contributed by atoms with van der Waals surface area (Å²) < 4.78 is 27.0. The van der Waals surface area contributed by atoms with Crippen LogP contribution in [0.5, 0.6) is 0 Å². The molecular formula is C17H10ClF2N3O4. The molecule has 0 atom stereocenters. The Morgan fingerprint density at radius 2 is 1.96 bits per heavy atom. The van der Waals surface area contributed by atoms with Gasteiger partial charge < -0.3 is 10.3 Å². The minimum Gasteiger partial charge on any atom is -0.339 e. The minimum atomic E-state index is -0.976. The lowest BCUT2D eigenvalue weighted by Crippen LogP contribution is -2.18. The molecule has 2 aromatic carbocycles. The first-order chi connectivity index (χ1) is 12.7. The highest BCUT2D eigenvalue weighted by Crippen LogP contribution is 2.30. The van der Waals surface area contributed by atoms with Crippen molar-refractivity contribution in [2.75, 3.05) is 5.32 Å². The Bertz CT molecular complexity index is 1180. The van der Waals surface area contributed by atoms with Crippen LogP contribution in [0, 0.1) is 21.7 Å². The SMILES string of the molecule is CC(=O)c1c(Nc2ccc(F)cc2F)[nH]c2c([N+](=O)[O-])cc(Cl)cc2c1=O. The molecule has 0 bridgehead atoms. The lowest BCUT2D eigenvalue weighted by molar-refractivity contribution is -0.383. The molecular weight excluding hydrogens is 384 g/mol. The number of anilines is 2. The van der Waals surface area contributed by atoms with Crippen LogP contribution in [0.4, 0.5) is 26.0 Å². The van der Waals surface area contributed by atoms with Gasteiger partial charge in [-0.3, -0.25) is 19.7 Å². The molecule has 3 aromatic rings. The number of fused-ring (bicyclic) bond motifs is 1. The van der Waals surface area contributed by atoms with Gasteiger partial charge in [-0.15, -0.1) is 0 Å². The first kappa shape index (κ1) is 18.5. The van der Waals surface area contributed by atoms with Crippen molar-refractivity contribution < 1.29 is 18.5 Å². The van der Waals surface area contributed by atoms with Gasteiger partial charge in [0.1, 0.15) is 28.5 Å². The maximum Gasteiger partial charge on any atom is 0.294 e. The van der Waals surface area contributed by atoms with Crippen molar-refractivity contribution in [2.24, 2.45) is 0 Å². The van der Waals surface area contributed by atoms with Crippen LogP contribution >= 0.6 is 11.6 Å². The number of halogens is 3. The molecule has 0 aliphatic heterocycles. The molecule has 0 amide bonds. The third-order valence-corrected chi connectivity index (χ3v) is 4.01. The summed E-state index contributed by atoms with van der Waals surface area (Å²) in [7, 11) is 0. The lowest BCUT2D eigenvalue weighted by Gasteiger charge is -2.13. The molecule has 0 fully saturated rings. The molecule has 0 aliphatic carbocycles. The Kier molecular flexibility index (Phi) is 4.63. The largest absolute Gasteiger partial charge is 0.339 e. The maximum absolute atomic E-state index is 13.9. The van der Waals surface area contributed by atoms with Gasteiger partial charge >= 0.3 is 0 Å². The van der Waals surface area contributed by atoms with Gasteiger partial charge in [-0.25, -0.2) is 8.78 Å². The number of carbonyl (C=O) groups excluding carboxylic acids is 1. The first-order valence-electron chi connectivity index (χ1n) is 7.46. The van der Waals surface area contributed by atoms with Crippen LogP contribution in [-0.2, 0) is 0 Å². The monoisotopic (exact) mass is 393 g/mol. The summed E-state index contributed by atoms with van der Waals surface area (Å²) in [5, 5.41) is 13.6. The predicted octanol–water partition coefficient (Wildman–Crippen LogP) is 4.31. The molecule has 0 spiro atoms. The van der Waals surface area contributed by atoms with Crippen LogP contribution in [0.2, 0.25) is 5.02 Å². The Balaban J connectivity index is 2.34. The van der Waals surface area contributed by atoms with E-state index in [1.165, 1.54) is 6.07 Å². The molecule has 0 radical (unpaired) electrons. The smallest absolute Gasteiger partial charge is 0.294 e. The number of benzene rings is 2. The Labute approximate surface area is 154 Å². The molecule has 1 heterocycles. The second kappa shape index (κ2) is 6.76. The van der Waals surface area contributed by atoms with Gasteiger partial charge in [0.05, 0.1) is 16.0 Å². The Morgan fingerprint density at radius 3 is 2.56 bits per heavy atom. The third-order valence-electron chi connectivity index (χ3n) is 3.79. The van der Waals surface area contributed by atoms with E-state index < -0.39 is 33.5 Å². The number of non-ortho nitro benzene ring substituents is 1. The highest BCUT2D eigenvalue weighted by Gasteiger charge is 2.23. The van der Waals surface area contributed by atoms with Gasteiger partial charge in [0.15, 0.2) is 5.78 Å². The van der Waals surface area contributed by atoms with Crippen molar-refractivity contribution in [1.29, 1.82) is 0 Å². The van der Waals surface area contributed by atoms with Gasteiger partial charge in [-0.2, -0.15) is 0 Å².